The number of pyridine rings is 1. The summed E-state index contributed by atoms with van der Waals surface area (Å²) >= 11 is 0. The molecule has 122 valence electrons. The second kappa shape index (κ2) is 6.37. The minimum absolute atomic E-state index is 0.184. The van der Waals surface area contributed by atoms with Crippen LogP contribution in [-0.4, -0.2) is 33.3 Å². The van der Waals surface area contributed by atoms with E-state index in [9.17, 15) is 14.4 Å². The fourth-order valence-corrected chi connectivity index (χ4v) is 2.24. The van der Waals surface area contributed by atoms with Crippen LogP contribution < -0.4 is 16.3 Å². The van der Waals surface area contributed by atoms with Crippen LogP contribution in [0, 0.1) is 6.92 Å². The van der Waals surface area contributed by atoms with E-state index in [1.807, 2.05) is 0 Å². The number of aromatic amines is 2. The minimum atomic E-state index is -0.417. The lowest BCUT2D eigenvalue weighted by Gasteiger charge is -2.07. The van der Waals surface area contributed by atoms with E-state index in [2.05, 4.69) is 25.6 Å². The number of hydrogen-bond acceptors (Lipinski definition) is 4. The molecule has 0 aliphatic rings. The molecule has 2 heterocycles. The summed E-state index contributed by atoms with van der Waals surface area (Å²) in [5.41, 5.74) is 2.43. The van der Waals surface area contributed by atoms with E-state index in [4.69, 9.17) is 0 Å². The number of anilines is 1. The van der Waals surface area contributed by atoms with Crippen LogP contribution in [0.5, 0.6) is 0 Å². The quantitative estimate of drug-likeness (QED) is 0.570. The maximum atomic E-state index is 11.9. The van der Waals surface area contributed by atoms with Gasteiger partial charge in [0.05, 0.1) is 17.6 Å². The molecule has 0 fully saturated rings. The molecule has 0 radical (unpaired) electrons. The first-order chi connectivity index (χ1) is 11.5. The lowest BCUT2D eigenvalue weighted by atomic mass is 10.2. The number of amides is 2. The molecular weight excluding hydrogens is 310 g/mol. The van der Waals surface area contributed by atoms with Gasteiger partial charge in [-0.15, -0.1) is 0 Å². The number of benzene rings is 1. The number of H-pyrrole nitrogens is 2. The van der Waals surface area contributed by atoms with E-state index in [1.54, 1.807) is 43.3 Å². The van der Waals surface area contributed by atoms with Gasteiger partial charge in [0, 0.05) is 11.4 Å². The van der Waals surface area contributed by atoms with Crippen molar-refractivity contribution in [3.63, 3.8) is 0 Å². The third kappa shape index (κ3) is 3.49. The van der Waals surface area contributed by atoms with Crippen molar-refractivity contribution in [3.8, 4) is 0 Å². The Balaban J connectivity index is 1.60. The molecule has 0 bridgehead atoms. The fraction of sp³-hybridized carbons (Fsp3) is 0.125. The summed E-state index contributed by atoms with van der Waals surface area (Å²) in [5.74, 6) is -0.799. The van der Waals surface area contributed by atoms with Gasteiger partial charge in [-0.25, -0.2) is 9.78 Å². The number of carbonyl (C=O) groups excluding carboxylic acids is 2. The van der Waals surface area contributed by atoms with Gasteiger partial charge in [0.15, 0.2) is 0 Å². The van der Waals surface area contributed by atoms with E-state index in [0.717, 1.165) is 5.69 Å². The molecular formula is C16H15N5O3. The zero-order valence-corrected chi connectivity index (χ0v) is 12.8. The first kappa shape index (κ1) is 15.5. The van der Waals surface area contributed by atoms with E-state index >= 15 is 0 Å². The van der Waals surface area contributed by atoms with Gasteiger partial charge < -0.3 is 20.6 Å². The average Bonchev–Trinajstić information content (AvgIpc) is 2.92. The molecule has 0 spiro atoms. The Hall–Kier alpha value is -3.42. The van der Waals surface area contributed by atoms with Crippen LogP contribution in [0.1, 0.15) is 16.2 Å². The predicted octanol–water partition coefficient (Wildman–Crippen LogP) is 0.928. The summed E-state index contributed by atoms with van der Waals surface area (Å²) in [6, 6.07) is 10.1. The molecule has 3 aromatic rings. The molecule has 4 N–H and O–H groups in total. The van der Waals surface area contributed by atoms with Gasteiger partial charge >= 0.3 is 5.69 Å². The molecule has 2 aromatic heterocycles. The van der Waals surface area contributed by atoms with Crippen molar-refractivity contribution in [1.29, 1.82) is 0 Å². The lowest BCUT2D eigenvalue weighted by Crippen LogP contribution is -2.33. The van der Waals surface area contributed by atoms with E-state index < -0.39 is 5.91 Å². The molecule has 8 heteroatoms. The number of aromatic nitrogens is 3. The summed E-state index contributed by atoms with van der Waals surface area (Å²) < 4.78 is 0. The van der Waals surface area contributed by atoms with Gasteiger partial charge in [0.2, 0.25) is 5.91 Å². The van der Waals surface area contributed by atoms with Gasteiger partial charge in [-0.05, 0) is 37.3 Å². The number of nitrogens with one attached hydrogen (secondary N) is 4. The fourth-order valence-electron chi connectivity index (χ4n) is 2.24. The smallest absolute Gasteiger partial charge is 0.323 e. The molecule has 2 amide bonds. The maximum absolute atomic E-state index is 11.9. The second-order valence-electron chi connectivity index (χ2n) is 5.23. The third-order valence-corrected chi connectivity index (χ3v) is 3.33. The zero-order chi connectivity index (χ0) is 17.1. The van der Waals surface area contributed by atoms with Gasteiger partial charge in [-0.2, -0.15) is 0 Å². The summed E-state index contributed by atoms with van der Waals surface area (Å²) in [5, 5.41) is 5.16. The first-order valence-electron chi connectivity index (χ1n) is 7.25. The molecule has 0 atom stereocenters. The molecule has 0 saturated carbocycles. The summed E-state index contributed by atoms with van der Waals surface area (Å²) in [7, 11) is 0. The molecule has 0 aliphatic carbocycles. The number of nitrogens with zero attached hydrogens (tertiary/aromatic N) is 1. The first-order valence-corrected chi connectivity index (χ1v) is 7.25. The molecule has 24 heavy (non-hydrogen) atoms. The lowest BCUT2D eigenvalue weighted by molar-refractivity contribution is -0.115. The van der Waals surface area contributed by atoms with Crippen molar-refractivity contribution in [2.24, 2.45) is 0 Å². The minimum Gasteiger partial charge on any atom is -0.342 e. The van der Waals surface area contributed by atoms with Crippen molar-refractivity contribution >= 4 is 28.5 Å². The number of rotatable bonds is 4. The predicted molar refractivity (Wildman–Crippen MR) is 88.9 cm³/mol. The highest BCUT2D eigenvalue weighted by atomic mass is 16.2. The van der Waals surface area contributed by atoms with Gasteiger partial charge in [-0.3, -0.25) is 9.59 Å². The summed E-state index contributed by atoms with van der Waals surface area (Å²) in [6.07, 6.45) is 0. The van der Waals surface area contributed by atoms with Crippen LogP contribution >= 0.6 is 0 Å². The molecule has 1 aromatic carbocycles. The van der Waals surface area contributed by atoms with Crippen molar-refractivity contribution < 1.29 is 9.59 Å². The standard InChI is InChI=1S/C16H15N5O3/c1-9-3-2-4-12(18-9)15(23)17-8-14(22)19-10-5-6-11-13(7-10)21-16(24)20-11/h2-7H,8H2,1H3,(H,17,23)(H,19,22)(H2,20,21,24). The second-order valence-corrected chi connectivity index (χ2v) is 5.23. The maximum Gasteiger partial charge on any atom is 0.323 e. The van der Waals surface area contributed by atoms with Crippen LogP contribution in [0.15, 0.2) is 41.2 Å². The summed E-state index contributed by atoms with van der Waals surface area (Å²) in [6.45, 7) is 1.60. The van der Waals surface area contributed by atoms with E-state index in [-0.39, 0.29) is 23.8 Å². The van der Waals surface area contributed by atoms with E-state index in [0.29, 0.717) is 16.7 Å². The molecule has 8 nitrogen and oxygen atoms in total. The van der Waals surface area contributed by atoms with Crippen molar-refractivity contribution in [2.45, 2.75) is 6.92 Å². The normalized spacial score (nSPS) is 10.5. The molecule has 0 unspecified atom stereocenters. The van der Waals surface area contributed by atoms with Gasteiger partial charge in [-0.1, -0.05) is 6.07 Å². The Morgan fingerprint density at radius 1 is 1.12 bits per heavy atom. The van der Waals surface area contributed by atoms with Crippen molar-refractivity contribution in [3.05, 3.63) is 58.3 Å². The Kier molecular flexibility index (Phi) is 4.11. The topological polar surface area (TPSA) is 120 Å². The molecule has 0 aliphatic heterocycles. The zero-order valence-electron chi connectivity index (χ0n) is 12.8. The largest absolute Gasteiger partial charge is 0.342 e. The van der Waals surface area contributed by atoms with Crippen molar-refractivity contribution in [2.75, 3.05) is 11.9 Å². The van der Waals surface area contributed by atoms with Crippen LogP contribution in [0.3, 0.4) is 0 Å². The third-order valence-electron chi connectivity index (χ3n) is 3.33. The van der Waals surface area contributed by atoms with Crippen LogP contribution in [-0.2, 0) is 4.79 Å². The summed E-state index contributed by atoms with van der Waals surface area (Å²) in [4.78, 5) is 44.4. The Bertz CT molecular complexity index is 973. The van der Waals surface area contributed by atoms with Gasteiger partial charge in [0.1, 0.15) is 5.69 Å². The highest BCUT2D eigenvalue weighted by Gasteiger charge is 2.10. The average molecular weight is 325 g/mol. The monoisotopic (exact) mass is 325 g/mol. The Labute approximate surface area is 136 Å². The number of imidazole rings is 1. The van der Waals surface area contributed by atoms with Gasteiger partial charge in [0.25, 0.3) is 5.91 Å². The highest BCUT2D eigenvalue weighted by Crippen LogP contribution is 2.14. The number of aryl methyl sites for hydroxylation is 1. The molecule has 3 rings (SSSR count). The SMILES string of the molecule is Cc1cccc(C(=O)NCC(=O)Nc2ccc3[nH]c(=O)[nH]c3c2)n1. The number of hydrogen-bond donors (Lipinski definition) is 4. The Morgan fingerprint density at radius 2 is 1.92 bits per heavy atom. The number of fused-ring (bicyclic) bond motifs is 1. The van der Waals surface area contributed by atoms with E-state index in [1.165, 1.54) is 0 Å². The van der Waals surface area contributed by atoms with Crippen LogP contribution in [0.2, 0.25) is 0 Å². The van der Waals surface area contributed by atoms with Crippen LogP contribution in [0.4, 0.5) is 5.69 Å². The highest BCUT2D eigenvalue weighted by molar-refractivity contribution is 5.99. The number of carbonyl (C=O) groups is 2. The Morgan fingerprint density at radius 3 is 2.71 bits per heavy atom. The van der Waals surface area contributed by atoms with Crippen molar-refractivity contribution in [1.82, 2.24) is 20.3 Å². The van der Waals surface area contributed by atoms with Crippen LogP contribution in [0.25, 0.3) is 11.0 Å². The molecule has 0 saturated heterocycles.